The van der Waals surface area contributed by atoms with Crippen molar-refractivity contribution >= 4 is 21.9 Å². The molecule has 0 aliphatic carbocycles. The molecular weight excluding hydrogens is 410 g/mol. The van der Waals surface area contributed by atoms with Crippen LogP contribution in [0, 0.1) is 0 Å². The maximum absolute atomic E-state index is 10.3. The number of fused-ring (bicyclic) bond motifs is 1. The third-order valence-electron chi connectivity index (χ3n) is 4.15. The van der Waals surface area contributed by atoms with E-state index in [-0.39, 0.29) is 6.79 Å². The zero-order valence-electron chi connectivity index (χ0n) is 15.2. The lowest BCUT2D eigenvalue weighted by Gasteiger charge is -2.14. The van der Waals surface area contributed by atoms with Crippen LogP contribution in [0.3, 0.4) is 0 Å². The molecule has 0 spiro atoms. The van der Waals surface area contributed by atoms with Gasteiger partial charge in [0.1, 0.15) is 0 Å². The molecule has 27 heavy (non-hydrogen) atoms. The van der Waals surface area contributed by atoms with Crippen molar-refractivity contribution in [2.45, 2.75) is 26.0 Å². The highest BCUT2D eigenvalue weighted by Gasteiger charge is 2.17. The molecule has 2 aromatic carbocycles. The first-order chi connectivity index (χ1) is 13.2. The minimum Gasteiger partial charge on any atom is -0.454 e. The first kappa shape index (κ1) is 19.5. The van der Waals surface area contributed by atoms with Gasteiger partial charge >= 0.3 is 0 Å². The van der Waals surface area contributed by atoms with Crippen molar-refractivity contribution in [1.29, 1.82) is 0 Å². The standard InChI is InChI=1S/C20H24BrN3O3/c1-2-22-20(23-9-8-17(25)15-6-4-3-5-7-15)24-12-14-10-16(21)19-18(11-14)26-13-27-19/h3-7,10-11,17,25H,2,8-9,12-13H2,1H3,(H2,22,23,24). The molecule has 1 atom stereocenters. The van der Waals surface area contributed by atoms with Gasteiger partial charge in [-0.05, 0) is 52.5 Å². The molecular formula is C20H24BrN3O3. The van der Waals surface area contributed by atoms with Crippen molar-refractivity contribution in [3.05, 3.63) is 58.1 Å². The zero-order chi connectivity index (χ0) is 19.1. The number of hydrogen-bond donors (Lipinski definition) is 3. The van der Waals surface area contributed by atoms with Crippen LogP contribution in [0.15, 0.2) is 51.9 Å². The minimum atomic E-state index is -0.494. The lowest BCUT2D eigenvalue weighted by Crippen LogP contribution is -2.38. The van der Waals surface area contributed by atoms with E-state index >= 15 is 0 Å². The third-order valence-corrected chi connectivity index (χ3v) is 4.73. The molecule has 0 saturated heterocycles. The lowest BCUT2D eigenvalue weighted by atomic mass is 10.1. The van der Waals surface area contributed by atoms with Crippen LogP contribution in [-0.2, 0) is 6.54 Å². The molecule has 6 nitrogen and oxygen atoms in total. The molecule has 1 aliphatic rings. The van der Waals surface area contributed by atoms with E-state index in [1.54, 1.807) is 0 Å². The van der Waals surface area contributed by atoms with E-state index in [1.165, 1.54) is 0 Å². The molecule has 0 fully saturated rings. The van der Waals surface area contributed by atoms with Crippen LogP contribution in [0.5, 0.6) is 11.5 Å². The number of halogens is 1. The summed E-state index contributed by atoms with van der Waals surface area (Å²) in [4.78, 5) is 4.62. The quantitative estimate of drug-likeness (QED) is 0.461. The van der Waals surface area contributed by atoms with Gasteiger partial charge in [-0.25, -0.2) is 4.99 Å². The highest BCUT2D eigenvalue weighted by atomic mass is 79.9. The Morgan fingerprint density at radius 1 is 1.22 bits per heavy atom. The maximum Gasteiger partial charge on any atom is 0.231 e. The van der Waals surface area contributed by atoms with Crippen molar-refractivity contribution in [3.8, 4) is 11.5 Å². The molecule has 7 heteroatoms. The van der Waals surface area contributed by atoms with E-state index in [9.17, 15) is 5.11 Å². The number of nitrogens with zero attached hydrogens (tertiary/aromatic N) is 1. The van der Waals surface area contributed by atoms with Gasteiger partial charge in [-0.3, -0.25) is 0 Å². The number of aliphatic hydroxyl groups excluding tert-OH is 1. The maximum atomic E-state index is 10.3. The molecule has 0 saturated carbocycles. The van der Waals surface area contributed by atoms with Gasteiger partial charge in [-0.15, -0.1) is 0 Å². The average molecular weight is 434 g/mol. The average Bonchev–Trinajstić information content (AvgIpc) is 3.16. The molecule has 1 unspecified atom stereocenters. The fourth-order valence-corrected chi connectivity index (χ4v) is 3.40. The van der Waals surface area contributed by atoms with Gasteiger partial charge in [-0.1, -0.05) is 30.3 Å². The van der Waals surface area contributed by atoms with Gasteiger partial charge in [0.15, 0.2) is 17.5 Å². The van der Waals surface area contributed by atoms with E-state index in [0.717, 1.165) is 33.6 Å². The summed E-state index contributed by atoms with van der Waals surface area (Å²) in [6.07, 6.45) is 0.107. The summed E-state index contributed by atoms with van der Waals surface area (Å²) in [5.74, 6) is 2.19. The van der Waals surface area contributed by atoms with Crippen molar-refractivity contribution in [2.75, 3.05) is 19.9 Å². The predicted octanol–water partition coefficient (Wildman–Crippen LogP) is 3.36. The first-order valence-corrected chi connectivity index (χ1v) is 9.80. The Labute approximate surface area is 167 Å². The summed E-state index contributed by atoms with van der Waals surface area (Å²) in [7, 11) is 0. The third kappa shape index (κ3) is 5.37. The largest absolute Gasteiger partial charge is 0.454 e. The molecule has 0 aromatic heterocycles. The molecule has 1 heterocycles. The monoisotopic (exact) mass is 433 g/mol. The summed E-state index contributed by atoms with van der Waals surface area (Å²) >= 11 is 3.50. The number of ether oxygens (including phenoxy) is 2. The fourth-order valence-electron chi connectivity index (χ4n) is 2.79. The van der Waals surface area contributed by atoms with Crippen LogP contribution in [0.25, 0.3) is 0 Å². The number of benzene rings is 2. The first-order valence-electron chi connectivity index (χ1n) is 9.00. The highest BCUT2D eigenvalue weighted by Crippen LogP contribution is 2.40. The molecule has 0 bridgehead atoms. The number of aliphatic imine (C=N–C) groups is 1. The van der Waals surface area contributed by atoms with Crippen LogP contribution in [-0.4, -0.2) is 30.9 Å². The van der Waals surface area contributed by atoms with Crippen molar-refractivity contribution in [2.24, 2.45) is 4.99 Å². The van der Waals surface area contributed by atoms with E-state index in [4.69, 9.17) is 9.47 Å². The summed E-state index contributed by atoms with van der Waals surface area (Å²) < 4.78 is 11.7. The molecule has 144 valence electrons. The number of aliphatic hydroxyl groups is 1. The van der Waals surface area contributed by atoms with Crippen molar-refractivity contribution in [3.63, 3.8) is 0 Å². The summed E-state index contributed by atoms with van der Waals surface area (Å²) in [5.41, 5.74) is 1.94. The molecule has 0 amide bonds. The van der Waals surface area contributed by atoms with Crippen LogP contribution >= 0.6 is 15.9 Å². The highest BCUT2D eigenvalue weighted by molar-refractivity contribution is 9.10. The van der Waals surface area contributed by atoms with Crippen LogP contribution in [0.2, 0.25) is 0 Å². The molecule has 3 rings (SSSR count). The second-order valence-electron chi connectivity index (χ2n) is 6.15. The van der Waals surface area contributed by atoms with Gasteiger partial charge in [0.05, 0.1) is 17.1 Å². The number of guanidine groups is 1. The zero-order valence-corrected chi connectivity index (χ0v) is 16.8. The topological polar surface area (TPSA) is 75.1 Å². The Bertz CT molecular complexity index is 784. The molecule has 2 aromatic rings. The van der Waals surface area contributed by atoms with Crippen molar-refractivity contribution < 1.29 is 14.6 Å². The van der Waals surface area contributed by atoms with Gasteiger partial charge in [0.2, 0.25) is 6.79 Å². The molecule has 0 radical (unpaired) electrons. The van der Waals surface area contributed by atoms with Crippen LogP contribution < -0.4 is 20.1 Å². The van der Waals surface area contributed by atoms with Crippen LogP contribution in [0.1, 0.15) is 30.6 Å². The normalized spacial score (nSPS) is 14.1. The lowest BCUT2D eigenvalue weighted by molar-refractivity contribution is 0.168. The Hall–Kier alpha value is -2.25. The Morgan fingerprint density at radius 3 is 2.81 bits per heavy atom. The molecule has 3 N–H and O–H groups in total. The number of nitrogens with one attached hydrogen (secondary N) is 2. The fraction of sp³-hybridized carbons (Fsp3) is 0.350. The van der Waals surface area contributed by atoms with Crippen molar-refractivity contribution in [1.82, 2.24) is 10.6 Å². The second kappa shape index (κ2) is 9.62. The smallest absolute Gasteiger partial charge is 0.231 e. The summed E-state index contributed by atoms with van der Waals surface area (Å²) in [6.45, 7) is 4.15. The second-order valence-corrected chi connectivity index (χ2v) is 7.00. The Balaban J connectivity index is 1.56. The summed E-state index contributed by atoms with van der Waals surface area (Å²) in [6, 6.07) is 13.6. The Morgan fingerprint density at radius 2 is 2.04 bits per heavy atom. The van der Waals surface area contributed by atoms with Gasteiger partial charge in [-0.2, -0.15) is 0 Å². The predicted molar refractivity (Wildman–Crippen MR) is 109 cm³/mol. The summed E-state index contributed by atoms with van der Waals surface area (Å²) in [5, 5.41) is 16.8. The minimum absolute atomic E-state index is 0.245. The van der Waals surface area contributed by atoms with Crippen LogP contribution in [0.4, 0.5) is 0 Å². The molecule has 1 aliphatic heterocycles. The van der Waals surface area contributed by atoms with Gasteiger partial charge in [0, 0.05) is 13.1 Å². The number of hydrogen-bond acceptors (Lipinski definition) is 4. The van der Waals surface area contributed by atoms with Gasteiger partial charge < -0.3 is 25.2 Å². The van der Waals surface area contributed by atoms with Gasteiger partial charge in [0.25, 0.3) is 0 Å². The van der Waals surface area contributed by atoms with E-state index in [0.29, 0.717) is 25.5 Å². The SMILES string of the molecule is CCNC(=NCc1cc(Br)c2c(c1)OCO2)NCCC(O)c1ccccc1. The van der Waals surface area contributed by atoms with E-state index in [1.807, 2.05) is 49.4 Å². The Kier molecular flexibility index (Phi) is 6.95. The van der Waals surface area contributed by atoms with E-state index < -0.39 is 6.10 Å². The van der Waals surface area contributed by atoms with E-state index in [2.05, 4.69) is 31.6 Å². The number of rotatable bonds is 7.